The van der Waals surface area contributed by atoms with E-state index >= 15 is 0 Å². The topological polar surface area (TPSA) is 40.5 Å². The third kappa shape index (κ3) is 2.04. The highest BCUT2D eigenvalue weighted by molar-refractivity contribution is 9.09. The highest BCUT2D eigenvalue weighted by atomic mass is 79.9. The number of hydrogen-bond acceptors (Lipinski definition) is 2. The maximum atomic E-state index is 10.5. The molecular formula is C19H31BrO2. The Morgan fingerprint density at radius 2 is 1.64 bits per heavy atom. The van der Waals surface area contributed by atoms with Crippen LogP contribution in [0.2, 0.25) is 0 Å². The molecule has 4 fully saturated rings. The van der Waals surface area contributed by atoms with Gasteiger partial charge in [-0.15, -0.1) is 0 Å². The average Bonchev–Trinajstić information content (AvgIpc) is 2.77. The number of rotatable bonds is 0. The molecule has 9 atom stereocenters. The van der Waals surface area contributed by atoms with Crippen molar-refractivity contribution >= 4 is 15.9 Å². The van der Waals surface area contributed by atoms with Crippen molar-refractivity contribution in [2.45, 2.75) is 82.2 Å². The van der Waals surface area contributed by atoms with Crippen molar-refractivity contribution in [1.29, 1.82) is 0 Å². The van der Waals surface area contributed by atoms with Crippen molar-refractivity contribution in [3.8, 4) is 0 Å². The van der Waals surface area contributed by atoms with E-state index in [1.54, 1.807) is 0 Å². The minimum Gasteiger partial charge on any atom is -0.393 e. The largest absolute Gasteiger partial charge is 0.393 e. The van der Waals surface area contributed by atoms with Gasteiger partial charge in [-0.05, 0) is 85.9 Å². The second kappa shape index (κ2) is 5.20. The van der Waals surface area contributed by atoms with Crippen LogP contribution in [0.3, 0.4) is 0 Å². The Labute approximate surface area is 143 Å². The Morgan fingerprint density at radius 1 is 0.909 bits per heavy atom. The van der Waals surface area contributed by atoms with E-state index in [1.807, 2.05) is 0 Å². The van der Waals surface area contributed by atoms with Gasteiger partial charge in [0, 0.05) is 4.83 Å². The Kier molecular flexibility index (Phi) is 3.76. The molecule has 4 rings (SSSR count). The Hall–Kier alpha value is 0.400. The predicted molar refractivity (Wildman–Crippen MR) is 91.8 cm³/mol. The molecular weight excluding hydrogens is 340 g/mol. The summed E-state index contributed by atoms with van der Waals surface area (Å²) in [5, 5.41) is 20.8. The van der Waals surface area contributed by atoms with E-state index in [0.29, 0.717) is 11.3 Å². The van der Waals surface area contributed by atoms with Crippen LogP contribution in [0.1, 0.15) is 65.2 Å². The number of aliphatic hydroxyl groups is 2. The lowest BCUT2D eigenvalue weighted by molar-refractivity contribution is -0.131. The smallest absolute Gasteiger partial charge is 0.0668 e. The zero-order valence-electron chi connectivity index (χ0n) is 14.0. The highest BCUT2D eigenvalue weighted by Gasteiger charge is 2.60. The van der Waals surface area contributed by atoms with E-state index in [2.05, 4.69) is 29.8 Å². The predicted octanol–water partition coefficient (Wildman–Crippen LogP) is 4.12. The van der Waals surface area contributed by atoms with Crippen LogP contribution in [0.15, 0.2) is 0 Å². The van der Waals surface area contributed by atoms with Crippen molar-refractivity contribution in [3.63, 3.8) is 0 Å². The molecule has 0 aromatic heterocycles. The Balaban J connectivity index is 1.63. The van der Waals surface area contributed by atoms with Gasteiger partial charge in [0.25, 0.3) is 0 Å². The van der Waals surface area contributed by atoms with Gasteiger partial charge in [0.2, 0.25) is 0 Å². The summed E-state index contributed by atoms with van der Waals surface area (Å²) in [5.74, 6) is 3.06. The molecule has 2 nitrogen and oxygen atoms in total. The van der Waals surface area contributed by atoms with Gasteiger partial charge in [-0.1, -0.05) is 29.8 Å². The van der Waals surface area contributed by atoms with Gasteiger partial charge in [0.15, 0.2) is 0 Å². The first-order chi connectivity index (χ1) is 10.4. The van der Waals surface area contributed by atoms with Crippen molar-refractivity contribution in [1.82, 2.24) is 0 Å². The summed E-state index contributed by atoms with van der Waals surface area (Å²) in [4.78, 5) is 0.273. The monoisotopic (exact) mass is 370 g/mol. The maximum Gasteiger partial charge on any atom is 0.0668 e. The van der Waals surface area contributed by atoms with Gasteiger partial charge >= 0.3 is 0 Å². The minimum absolute atomic E-state index is 0.0684. The maximum absolute atomic E-state index is 10.5. The number of alkyl halides is 1. The second-order valence-corrected chi connectivity index (χ2v) is 10.5. The fourth-order valence-electron chi connectivity index (χ4n) is 7.21. The van der Waals surface area contributed by atoms with Gasteiger partial charge in [-0.2, -0.15) is 0 Å². The van der Waals surface area contributed by atoms with Crippen molar-refractivity contribution < 1.29 is 10.2 Å². The molecule has 0 aliphatic heterocycles. The van der Waals surface area contributed by atoms with Crippen LogP contribution in [-0.2, 0) is 0 Å². The van der Waals surface area contributed by atoms with E-state index in [1.165, 1.54) is 32.1 Å². The lowest BCUT2D eigenvalue weighted by atomic mass is 9.45. The number of hydrogen-bond donors (Lipinski definition) is 2. The molecule has 3 heteroatoms. The first-order valence-electron chi connectivity index (χ1n) is 9.36. The van der Waals surface area contributed by atoms with E-state index in [4.69, 9.17) is 0 Å². The summed E-state index contributed by atoms with van der Waals surface area (Å²) < 4.78 is 0. The fraction of sp³-hybridized carbons (Fsp3) is 1.00. The molecule has 0 radical (unpaired) electrons. The normalized spacial score (nSPS) is 61.2. The molecule has 0 saturated heterocycles. The molecule has 22 heavy (non-hydrogen) atoms. The van der Waals surface area contributed by atoms with E-state index < -0.39 is 0 Å². The second-order valence-electron chi connectivity index (χ2n) is 9.32. The van der Waals surface area contributed by atoms with Gasteiger partial charge in [-0.3, -0.25) is 0 Å². The average molecular weight is 371 g/mol. The van der Waals surface area contributed by atoms with Crippen molar-refractivity contribution in [3.05, 3.63) is 0 Å². The number of halogens is 1. The standard InChI is InChI=1S/C19H31BrO2/c1-18-8-7-14-12(13(18)5-6-17(18)22)4-3-11-9-16(21)15(20)10-19(11,14)2/h11-17,21-22H,3-10H2,1-2H3/t11-,12-,13-,14-,15-,16-,17-,18-,19-/m0/s1. The first-order valence-corrected chi connectivity index (χ1v) is 10.3. The molecule has 0 bridgehead atoms. The number of fused-ring (bicyclic) bond motifs is 5. The summed E-state index contributed by atoms with van der Waals surface area (Å²) in [6.07, 6.45) is 9.26. The van der Waals surface area contributed by atoms with Crippen molar-refractivity contribution in [2.75, 3.05) is 0 Å². The molecule has 4 saturated carbocycles. The van der Waals surface area contributed by atoms with Crippen LogP contribution < -0.4 is 0 Å². The quantitative estimate of drug-likeness (QED) is 0.629. The van der Waals surface area contributed by atoms with Crippen LogP contribution in [-0.4, -0.2) is 27.2 Å². The van der Waals surface area contributed by atoms with Gasteiger partial charge in [0.1, 0.15) is 0 Å². The third-order valence-corrected chi connectivity index (χ3v) is 9.53. The summed E-state index contributed by atoms with van der Waals surface area (Å²) in [5.41, 5.74) is 0.581. The molecule has 0 aromatic rings. The molecule has 4 aliphatic rings. The van der Waals surface area contributed by atoms with Crippen molar-refractivity contribution in [2.24, 2.45) is 34.5 Å². The van der Waals surface area contributed by atoms with Gasteiger partial charge in [0.05, 0.1) is 12.2 Å². The Bertz CT molecular complexity index is 455. The summed E-state index contributed by atoms with van der Waals surface area (Å²) in [6.45, 7) is 4.88. The molecule has 0 heterocycles. The summed E-state index contributed by atoms with van der Waals surface area (Å²) in [6, 6.07) is 0. The summed E-state index contributed by atoms with van der Waals surface area (Å²) >= 11 is 3.75. The Morgan fingerprint density at radius 3 is 2.41 bits per heavy atom. The van der Waals surface area contributed by atoms with Gasteiger partial charge in [-0.25, -0.2) is 0 Å². The summed E-state index contributed by atoms with van der Waals surface area (Å²) in [7, 11) is 0. The molecule has 126 valence electrons. The lowest BCUT2D eigenvalue weighted by Gasteiger charge is -2.61. The van der Waals surface area contributed by atoms with E-state index in [9.17, 15) is 10.2 Å². The van der Waals surface area contributed by atoms with Gasteiger partial charge < -0.3 is 10.2 Å². The molecule has 4 aliphatic carbocycles. The molecule has 0 amide bonds. The van der Waals surface area contributed by atoms with Crippen LogP contribution in [0, 0.1) is 34.5 Å². The van der Waals surface area contributed by atoms with Crippen LogP contribution in [0.5, 0.6) is 0 Å². The molecule has 0 spiro atoms. The first kappa shape index (κ1) is 15.9. The molecule has 2 N–H and O–H groups in total. The van der Waals surface area contributed by atoms with E-state index in [-0.39, 0.29) is 22.5 Å². The lowest BCUT2D eigenvalue weighted by Crippen LogP contribution is -2.56. The van der Waals surface area contributed by atoms with E-state index in [0.717, 1.165) is 37.0 Å². The van der Waals surface area contributed by atoms with Crippen LogP contribution in [0.25, 0.3) is 0 Å². The molecule has 0 aromatic carbocycles. The number of aliphatic hydroxyl groups excluding tert-OH is 2. The zero-order valence-corrected chi connectivity index (χ0v) is 15.6. The third-order valence-electron chi connectivity index (χ3n) is 8.59. The van der Waals surface area contributed by atoms with Crippen LogP contribution in [0.4, 0.5) is 0 Å². The SMILES string of the molecule is C[C@]12C[C@H](Br)[C@@H](O)C[C@@H]1CC[C@@H]1[C@@H]2CC[C@]2(C)[C@@H](O)CC[C@@H]12. The van der Waals surface area contributed by atoms with Crippen LogP contribution >= 0.6 is 15.9 Å². The zero-order chi connectivity index (χ0) is 15.7. The fourth-order valence-corrected chi connectivity index (χ4v) is 8.12. The minimum atomic E-state index is -0.156. The highest BCUT2D eigenvalue weighted by Crippen LogP contribution is 2.66. The molecule has 0 unspecified atom stereocenters.